The van der Waals surface area contributed by atoms with Crippen LogP contribution < -0.4 is 0 Å². The fourth-order valence-electron chi connectivity index (χ4n) is 1.29. The molecule has 1 N–H and O–H groups in total. The number of hydrogen-bond donors (Lipinski definition) is 1. The quantitative estimate of drug-likeness (QED) is 0.352. The van der Waals surface area contributed by atoms with Gasteiger partial charge >= 0.3 is 0 Å². The second-order valence-corrected chi connectivity index (χ2v) is 5.60. The molecule has 0 radical (unpaired) electrons. The van der Waals surface area contributed by atoms with Crippen molar-refractivity contribution in [2.45, 2.75) is 19.8 Å². The zero-order valence-corrected chi connectivity index (χ0v) is 12.9. The van der Waals surface area contributed by atoms with Crippen molar-refractivity contribution in [1.82, 2.24) is 0 Å². The molecule has 0 saturated heterocycles. The molecule has 0 aromatic rings. The average Bonchev–Trinajstić information content (AvgIpc) is 2.38. The van der Waals surface area contributed by atoms with E-state index in [0.29, 0.717) is 65.7 Å². The van der Waals surface area contributed by atoms with Gasteiger partial charge in [0.05, 0.1) is 45.4 Å². The van der Waals surface area contributed by atoms with E-state index in [9.17, 15) is 8.42 Å². The zero-order chi connectivity index (χ0) is 15.1. The van der Waals surface area contributed by atoms with Gasteiger partial charge in [0, 0.05) is 13.2 Å². The highest BCUT2D eigenvalue weighted by molar-refractivity contribution is 7.85. The third-order valence-corrected chi connectivity index (χ3v) is 3.07. The maximum Gasteiger partial charge on any atom is 0.264 e. The minimum atomic E-state index is -3.84. The second kappa shape index (κ2) is 13.7. The lowest BCUT2D eigenvalue weighted by Gasteiger charge is -2.06. The molecule has 0 amide bonds. The number of unbranched alkanes of at least 4 members (excludes halogenated alkanes) is 1. The van der Waals surface area contributed by atoms with Crippen LogP contribution in [0.3, 0.4) is 0 Å². The molecule has 0 heterocycles. The predicted molar refractivity (Wildman–Crippen MR) is 74.6 cm³/mol. The van der Waals surface area contributed by atoms with E-state index in [-0.39, 0.29) is 5.75 Å². The number of ether oxygens (including phenoxy) is 4. The normalized spacial score (nSPS) is 11.9. The first-order valence-corrected chi connectivity index (χ1v) is 8.43. The van der Waals surface area contributed by atoms with E-state index in [1.54, 1.807) is 0 Å². The molecule has 122 valence electrons. The standard InChI is InChI=1S/C12H26O7S/c1-2-16-6-7-18-10-11-19-9-8-17-5-3-4-12-20(13,14)15/h2-12H2,1H3,(H,13,14,15). The van der Waals surface area contributed by atoms with Crippen LogP contribution in [0, 0.1) is 0 Å². The van der Waals surface area contributed by atoms with Crippen molar-refractivity contribution in [3.8, 4) is 0 Å². The molecule has 20 heavy (non-hydrogen) atoms. The van der Waals surface area contributed by atoms with Crippen LogP contribution in [0.25, 0.3) is 0 Å². The van der Waals surface area contributed by atoms with Gasteiger partial charge in [-0.05, 0) is 19.8 Å². The molecule has 0 rings (SSSR count). The summed E-state index contributed by atoms with van der Waals surface area (Å²) in [6, 6.07) is 0. The SMILES string of the molecule is CCOCCOCCOCCOCCCCS(=O)(=O)O. The molecule has 0 spiro atoms. The first-order valence-electron chi connectivity index (χ1n) is 6.82. The van der Waals surface area contributed by atoms with Crippen molar-refractivity contribution in [3.05, 3.63) is 0 Å². The fourth-order valence-corrected chi connectivity index (χ4v) is 1.86. The Labute approximate surface area is 121 Å². The van der Waals surface area contributed by atoms with Crippen LogP contribution in [0.2, 0.25) is 0 Å². The number of hydrogen-bond acceptors (Lipinski definition) is 6. The third-order valence-electron chi connectivity index (χ3n) is 2.26. The Hall–Kier alpha value is -0.250. The van der Waals surface area contributed by atoms with Gasteiger partial charge in [-0.15, -0.1) is 0 Å². The lowest BCUT2D eigenvalue weighted by atomic mass is 10.4. The first-order chi connectivity index (χ1) is 9.56. The van der Waals surface area contributed by atoms with E-state index in [4.69, 9.17) is 23.5 Å². The Kier molecular flexibility index (Phi) is 13.5. The van der Waals surface area contributed by atoms with Gasteiger partial charge in [-0.1, -0.05) is 0 Å². The molecular weight excluding hydrogens is 288 g/mol. The zero-order valence-electron chi connectivity index (χ0n) is 12.1. The van der Waals surface area contributed by atoms with Gasteiger partial charge in [-0.3, -0.25) is 4.55 Å². The van der Waals surface area contributed by atoms with Crippen LogP contribution in [-0.2, 0) is 29.1 Å². The Morgan fingerprint density at radius 2 is 1.20 bits per heavy atom. The van der Waals surface area contributed by atoms with E-state index in [2.05, 4.69) is 0 Å². The molecule has 8 heteroatoms. The Morgan fingerprint density at radius 3 is 1.65 bits per heavy atom. The predicted octanol–water partition coefficient (Wildman–Crippen LogP) is 0.741. The van der Waals surface area contributed by atoms with E-state index in [0.717, 1.165) is 0 Å². The molecule has 0 aromatic carbocycles. The van der Waals surface area contributed by atoms with Crippen molar-refractivity contribution < 1.29 is 31.9 Å². The molecule has 7 nitrogen and oxygen atoms in total. The Bertz CT molecular complexity index is 292. The molecule has 0 fully saturated rings. The molecule has 0 bridgehead atoms. The third kappa shape index (κ3) is 17.8. The fraction of sp³-hybridized carbons (Fsp3) is 1.00. The smallest absolute Gasteiger partial charge is 0.264 e. The molecule has 0 aromatic heterocycles. The van der Waals surface area contributed by atoms with Crippen LogP contribution in [0.4, 0.5) is 0 Å². The van der Waals surface area contributed by atoms with E-state index in [1.807, 2.05) is 6.92 Å². The Balaban J connectivity index is 3.03. The summed E-state index contributed by atoms with van der Waals surface area (Å²) in [5.41, 5.74) is 0. The molecular formula is C12H26O7S. The van der Waals surface area contributed by atoms with Gasteiger partial charge in [0.2, 0.25) is 0 Å². The summed E-state index contributed by atoms with van der Waals surface area (Å²) in [4.78, 5) is 0. The van der Waals surface area contributed by atoms with Gasteiger partial charge in [-0.25, -0.2) is 0 Å². The molecule has 0 aliphatic heterocycles. The van der Waals surface area contributed by atoms with Crippen LogP contribution in [-0.4, -0.2) is 71.6 Å². The van der Waals surface area contributed by atoms with Crippen LogP contribution in [0.5, 0.6) is 0 Å². The van der Waals surface area contributed by atoms with Crippen molar-refractivity contribution in [1.29, 1.82) is 0 Å². The average molecular weight is 314 g/mol. The molecule has 0 saturated carbocycles. The van der Waals surface area contributed by atoms with E-state index >= 15 is 0 Å². The molecule has 0 atom stereocenters. The topological polar surface area (TPSA) is 91.3 Å². The van der Waals surface area contributed by atoms with E-state index in [1.165, 1.54) is 0 Å². The van der Waals surface area contributed by atoms with Gasteiger partial charge in [0.1, 0.15) is 0 Å². The highest BCUT2D eigenvalue weighted by Gasteiger charge is 2.02. The monoisotopic (exact) mass is 314 g/mol. The maximum absolute atomic E-state index is 10.4. The summed E-state index contributed by atoms with van der Waals surface area (Å²) in [6.45, 7) is 6.25. The summed E-state index contributed by atoms with van der Waals surface area (Å²) in [5, 5.41) is 0. The van der Waals surface area contributed by atoms with Crippen LogP contribution >= 0.6 is 0 Å². The summed E-state index contributed by atoms with van der Waals surface area (Å²) < 4.78 is 50.2. The van der Waals surface area contributed by atoms with Gasteiger partial charge in [0.15, 0.2) is 0 Å². The number of rotatable bonds is 15. The second-order valence-electron chi connectivity index (χ2n) is 4.03. The molecule has 0 aliphatic carbocycles. The van der Waals surface area contributed by atoms with E-state index < -0.39 is 10.1 Å². The Morgan fingerprint density at radius 1 is 0.750 bits per heavy atom. The summed E-state index contributed by atoms with van der Waals surface area (Å²) in [7, 11) is -3.84. The molecule has 0 unspecified atom stereocenters. The first kappa shape index (κ1) is 19.8. The molecule has 0 aliphatic rings. The highest BCUT2D eigenvalue weighted by Crippen LogP contribution is 1.94. The minimum absolute atomic E-state index is 0.216. The maximum atomic E-state index is 10.4. The van der Waals surface area contributed by atoms with Gasteiger partial charge in [0.25, 0.3) is 10.1 Å². The minimum Gasteiger partial charge on any atom is -0.379 e. The highest BCUT2D eigenvalue weighted by atomic mass is 32.2. The summed E-state index contributed by atoms with van der Waals surface area (Å²) >= 11 is 0. The van der Waals surface area contributed by atoms with Crippen LogP contribution in [0.15, 0.2) is 0 Å². The van der Waals surface area contributed by atoms with Crippen molar-refractivity contribution >= 4 is 10.1 Å². The largest absolute Gasteiger partial charge is 0.379 e. The summed E-state index contributed by atoms with van der Waals surface area (Å²) in [5.74, 6) is -0.216. The lowest BCUT2D eigenvalue weighted by Crippen LogP contribution is -2.12. The van der Waals surface area contributed by atoms with Gasteiger partial charge < -0.3 is 18.9 Å². The van der Waals surface area contributed by atoms with Crippen molar-refractivity contribution in [2.24, 2.45) is 0 Å². The van der Waals surface area contributed by atoms with Crippen LogP contribution in [0.1, 0.15) is 19.8 Å². The van der Waals surface area contributed by atoms with Gasteiger partial charge in [-0.2, -0.15) is 8.42 Å². The summed E-state index contributed by atoms with van der Waals surface area (Å²) in [6.07, 6.45) is 0.994. The van der Waals surface area contributed by atoms with Crippen molar-refractivity contribution in [2.75, 3.05) is 58.6 Å². The van der Waals surface area contributed by atoms with Crippen molar-refractivity contribution in [3.63, 3.8) is 0 Å². The lowest BCUT2D eigenvalue weighted by molar-refractivity contribution is -0.000719.